The van der Waals surface area contributed by atoms with Gasteiger partial charge in [-0.1, -0.05) is 30.1 Å². The Balaban J connectivity index is 4.46. The van der Waals surface area contributed by atoms with Gasteiger partial charge in [0.25, 0.3) is 0 Å². The third kappa shape index (κ3) is 8.43. The molecular formula is C7H13Cl2O4PS. The van der Waals surface area contributed by atoms with Crippen molar-refractivity contribution in [3.05, 3.63) is 10.6 Å². The van der Waals surface area contributed by atoms with Crippen molar-refractivity contribution in [1.29, 1.82) is 0 Å². The molecule has 0 bridgehead atoms. The zero-order valence-electron chi connectivity index (χ0n) is 8.10. The molecular weight excluding hydrogens is 282 g/mol. The first kappa shape index (κ1) is 15.6. The first-order valence-corrected chi connectivity index (χ1v) is 8.14. The highest BCUT2D eigenvalue weighted by molar-refractivity contribution is 7.85. The van der Waals surface area contributed by atoms with Gasteiger partial charge in [-0.15, -0.1) is 0 Å². The van der Waals surface area contributed by atoms with E-state index < -0.39 is 23.6 Å². The van der Waals surface area contributed by atoms with Crippen LogP contribution in [0.3, 0.4) is 0 Å². The highest BCUT2D eigenvalue weighted by Crippen LogP contribution is 2.36. The Kier molecular flexibility index (Phi) is 7.34. The average molecular weight is 295 g/mol. The summed E-state index contributed by atoms with van der Waals surface area (Å²) in [5, 5.41) is -0.507. The molecule has 0 aromatic heterocycles. The van der Waals surface area contributed by atoms with Crippen LogP contribution in [0.4, 0.5) is 0 Å². The summed E-state index contributed by atoms with van der Waals surface area (Å²) < 4.78 is 22.1. The zero-order chi connectivity index (χ0) is 12.1. The van der Waals surface area contributed by atoms with E-state index in [2.05, 4.69) is 0 Å². The fourth-order valence-electron chi connectivity index (χ4n) is 0.941. The van der Waals surface area contributed by atoms with Crippen LogP contribution < -0.4 is 0 Å². The molecule has 0 aliphatic heterocycles. The predicted octanol–water partition coefficient (Wildman–Crippen LogP) is 2.01. The predicted molar refractivity (Wildman–Crippen MR) is 63.8 cm³/mol. The summed E-state index contributed by atoms with van der Waals surface area (Å²) in [6.07, 6.45) is 1.15. The molecule has 4 nitrogen and oxygen atoms in total. The molecule has 2 atom stereocenters. The molecule has 2 N–H and O–H groups in total. The lowest BCUT2D eigenvalue weighted by Crippen LogP contribution is -2.16. The molecule has 8 heteroatoms. The summed E-state index contributed by atoms with van der Waals surface area (Å²) in [5.41, 5.74) is 0. The molecule has 0 aromatic carbocycles. The fourth-order valence-corrected chi connectivity index (χ4v) is 3.28. The number of hydrogen-bond acceptors (Lipinski definition) is 2. The molecule has 2 unspecified atom stereocenters. The monoisotopic (exact) mass is 294 g/mol. The lowest BCUT2D eigenvalue weighted by molar-refractivity contribution is 0.372. The van der Waals surface area contributed by atoms with E-state index in [-0.39, 0.29) is 17.1 Å². The van der Waals surface area contributed by atoms with Crippen molar-refractivity contribution in [3.63, 3.8) is 0 Å². The molecule has 90 valence electrons. The Morgan fingerprint density at radius 1 is 1.53 bits per heavy atom. The van der Waals surface area contributed by atoms with Gasteiger partial charge in [0.2, 0.25) is 0 Å². The molecule has 0 amide bonds. The second-order valence-corrected chi connectivity index (χ2v) is 7.57. The van der Waals surface area contributed by atoms with Crippen molar-refractivity contribution >= 4 is 41.6 Å². The quantitative estimate of drug-likeness (QED) is 0.735. The fraction of sp³-hybridized carbons (Fsp3) is 0.714. The van der Waals surface area contributed by atoms with Crippen molar-refractivity contribution in [2.24, 2.45) is 0 Å². The van der Waals surface area contributed by atoms with E-state index in [9.17, 15) is 8.77 Å². The first-order chi connectivity index (χ1) is 6.76. The molecule has 0 aromatic rings. The average Bonchev–Trinajstić information content (AvgIpc) is 2.09. The summed E-state index contributed by atoms with van der Waals surface area (Å²) in [7, 11) is -5.27. The highest BCUT2D eigenvalue weighted by atomic mass is 35.5. The second kappa shape index (κ2) is 7.05. The lowest BCUT2D eigenvalue weighted by Gasteiger charge is -2.11. The summed E-state index contributed by atoms with van der Waals surface area (Å²) >= 11 is 10.8. The molecule has 15 heavy (non-hydrogen) atoms. The molecule has 0 aliphatic rings. The van der Waals surface area contributed by atoms with Crippen LogP contribution in [0.2, 0.25) is 0 Å². The van der Waals surface area contributed by atoms with E-state index in [4.69, 9.17) is 33.0 Å². The van der Waals surface area contributed by atoms with E-state index in [1.165, 1.54) is 6.08 Å². The van der Waals surface area contributed by atoms with Crippen molar-refractivity contribution in [3.8, 4) is 0 Å². The van der Waals surface area contributed by atoms with Crippen LogP contribution in [0.25, 0.3) is 0 Å². The summed E-state index contributed by atoms with van der Waals surface area (Å²) in [4.78, 5) is 17.4. The van der Waals surface area contributed by atoms with Gasteiger partial charge in [-0.2, -0.15) is 0 Å². The first-order valence-electron chi connectivity index (χ1n) is 4.21. The van der Waals surface area contributed by atoms with E-state index in [0.717, 1.165) is 0 Å². The van der Waals surface area contributed by atoms with Crippen molar-refractivity contribution < 1.29 is 18.6 Å². The number of rotatable bonds is 6. The summed E-state index contributed by atoms with van der Waals surface area (Å²) in [6, 6.07) is 0. The number of hydrogen-bond donors (Lipinski definition) is 2. The van der Waals surface area contributed by atoms with Crippen LogP contribution in [0.15, 0.2) is 10.6 Å². The highest BCUT2D eigenvalue weighted by Gasteiger charge is 2.19. The SMILES string of the molecule is CCS(=O)C(C=C(Cl)Cl)CCP(=O)(O)O. The van der Waals surface area contributed by atoms with Gasteiger partial charge in [0.1, 0.15) is 4.49 Å². The Labute approximate surface area is 101 Å². The van der Waals surface area contributed by atoms with Gasteiger partial charge in [-0.05, 0) is 12.5 Å². The van der Waals surface area contributed by atoms with E-state index in [0.29, 0.717) is 5.75 Å². The maximum Gasteiger partial charge on any atom is 0.325 e. The molecule has 0 aliphatic carbocycles. The van der Waals surface area contributed by atoms with E-state index >= 15 is 0 Å². The van der Waals surface area contributed by atoms with Crippen molar-refractivity contribution in [2.45, 2.75) is 18.6 Å². The minimum Gasteiger partial charge on any atom is -0.324 e. The molecule has 0 radical (unpaired) electrons. The topological polar surface area (TPSA) is 74.6 Å². The van der Waals surface area contributed by atoms with Crippen LogP contribution in [-0.4, -0.2) is 31.2 Å². The lowest BCUT2D eigenvalue weighted by atomic mass is 10.3. The molecule has 0 heterocycles. The summed E-state index contributed by atoms with van der Waals surface area (Å²) in [6.45, 7) is 1.72. The molecule has 0 saturated heterocycles. The Hall–Kier alpha value is 0.620. The normalized spacial score (nSPS) is 15.8. The third-order valence-corrected chi connectivity index (χ3v) is 4.35. The van der Waals surface area contributed by atoms with Crippen molar-refractivity contribution in [2.75, 3.05) is 11.9 Å². The molecule has 0 saturated carbocycles. The van der Waals surface area contributed by atoms with Crippen LogP contribution >= 0.6 is 30.8 Å². The van der Waals surface area contributed by atoms with Gasteiger partial charge < -0.3 is 9.79 Å². The Morgan fingerprint density at radius 3 is 2.40 bits per heavy atom. The van der Waals surface area contributed by atoms with E-state index in [1.54, 1.807) is 6.92 Å². The van der Waals surface area contributed by atoms with E-state index in [1.807, 2.05) is 0 Å². The van der Waals surface area contributed by atoms with Crippen LogP contribution in [0, 0.1) is 0 Å². The van der Waals surface area contributed by atoms with Gasteiger partial charge >= 0.3 is 7.60 Å². The maximum absolute atomic E-state index is 11.5. The standard InChI is InChI=1S/C7H13Cl2O4PS/c1-2-15(13)6(5-7(8)9)3-4-14(10,11)12/h5-6H,2-4H2,1H3,(H2,10,11,12). The van der Waals surface area contributed by atoms with Crippen molar-refractivity contribution in [1.82, 2.24) is 0 Å². The number of halogens is 2. The Bertz CT molecular complexity index is 297. The van der Waals surface area contributed by atoms with Gasteiger partial charge in [0.15, 0.2) is 0 Å². The minimum atomic E-state index is -4.06. The maximum atomic E-state index is 11.5. The van der Waals surface area contributed by atoms with Crippen LogP contribution in [0.5, 0.6) is 0 Å². The van der Waals surface area contributed by atoms with Gasteiger partial charge in [-0.25, -0.2) is 0 Å². The third-order valence-electron chi connectivity index (χ3n) is 1.64. The largest absolute Gasteiger partial charge is 0.325 e. The zero-order valence-corrected chi connectivity index (χ0v) is 11.3. The minimum absolute atomic E-state index is 0.0347. The smallest absolute Gasteiger partial charge is 0.324 e. The van der Waals surface area contributed by atoms with Gasteiger partial charge in [-0.3, -0.25) is 8.77 Å². The van der Waals surface area contributed by atoms with Crippen LogP contribution in [0.1, 0.15) is 13.3 Å². The molecule has 0 rings (SSSR count). The summed E-state index contributed by atoms with van der Waals surface area (Å²) in [5.74, 6) is 0.392. The second-order valence-electron chi connectivity index (χ2n) is 2.84. The van der Waals surface area contributed by atoms with Crippen LogP contribution in [-0.2, 0) is 15.4 Å². The molecule has 0 spiro atoms. The Morgan fingerprint density at radius 2 is 2.07 bits per heavy atom. The van der Waals surface area contributed by atoms with Gasteiger partial charge in [0, 0.05) is 16.6 Å². The molecule has 0 fully saturated rings. The van der Waals surface area contributed by atoms with Gasteiger partial charge in [0.05, 0.1) is 11.4 Å².